The third-order valence-corrected chi connectivity index (χ3v) is 9.05. The molecule has 0 unspecified atom stereocenters. The third-order valence-electron chi connectivity index (χ3n) is 9.05. The Kier molecular flexibility index (Phi) is 9.45. The van der Waals surface area contributed by atoms with E-state index in [9.17, 15) is 8.78 Å². The number of halogens is 2. The van der Waals surface area contributed by atoms with Crippen LogP contribution in [0.1, 0.15) is 117 Å². The van der Waals surface area contributed by atoms with Gasteiger partial charge in [-0.3, -0.25) is 0 Å². The molecule has 0 aromatic rings. The van der Waals surface area contributed by atoms with Gasteiger partial charge in [0, 0.05) is 6.42 Å². The van der Waals surface area contributed by atoms with E-state index in [0.717, 1.165) is 62.2 Å². The molecule has 0 atom stereocenters. The third kappa shape index (κ3) is 6.42. The SMILES string of the molecule is C=C(/C(F)=C(/F)CC1CCC(C2CCC(CC)CC2)CC1)C1CCC(CCC)CC1. The monoisotopic (exact) mass is 420 g/mol. The molecule has 3 aliphatic carbocycles. The molecule has 0 saturated heterocycles. The van der Waals surface area contributed by atoms with E-state index in [1.165, 1.54) is 57.8 Å². The molecule has 2 heteroatoms. The number of rotatable bonds is 8. The van der Waals surface area contributed by atoms with Crippen molar-refractivity contribution in [2.24, 2.45) is 35.5 Å². The van der Waals surface area contributed by atoms with Crippen LogP contribution in [0, 0.1) is 35.5 Å². The second kappa shape index (κ2) is 11.8. The van der Waals surface area contributed by atoms with Crippen LogP contribution >= 0.6 is 0 Å². The maximum atomic E-state index is 14.8. The normalized spacial score (nSPS) is 36.3. The van der Waals surface area contributed by atoms with E-state index in [-0.39, 0.29) is 5.92 Å². The van der Waals surface area contributed by atoms with Crippen molar-refractivity contribution in [2.75, 3.05) is 0 Å². The fourth-order valence-electron chi connectivity index (χ4n) is 6.84. The zero-order chi connectivity index (χ0) is 21.5. The van der Waals surface area contributed by atoms with E-state index in [0.29, 0.717) is 17.9 Å². The van der Waals surface area contributed by atoms with Crippen molar-refractivity contribution >= 4 is 0 Å². The van der Waals surface area contributed by atoms with Gasteiger partial charge in [0.25, 0.3) is 0 Å². The van der Waals surface area contributed by atoms with Crippen molar-refractivity contribution in [3.8, 4) is 0 Å². The Bertz CT molecular complexity index is 553. The van der Waals surface area contributed by atoms with Gasteiger partial charge in [-0.1, -0.05) is 52.5 Å². The van der Waals surface area contributed by atoms with Gasteiger partial charge in [0.05, 0.1) is 0 Å². The van der Waals surface area contributed by atoms with Gasteiger partial charge in [0.15, 0.2) is 5.83 Å². The lowest BCUT2D eigenvalue weighted by Crippen LogP contribution is -2.25. The summed E-state index contributed by atoms with van der Waals surface area (Å²) in [5, 5.41) is 0. The summed E-state index contributed by atoms with van der Waals surface area (Å²) in [6.45, 7) is 8.53. The van der Waals surface area contributed by atoms with Gasteiger partial charge >= 0.3 is 0 Å². The van der Waals surface area contributed by atoms with Crippen LogP contribution in [-0.2, 0) is 0 Å². The van der Waals surface area contributed by atoms with Crippen LogP contribution in [0.4, 0.5) is 8.78 Å². The molecule has 0 spiro atoms. The highest BCUT2D eigenvalue weighted by molar-refractivity contribution is 5.27. The first-order valence-electron chi connectivity index (χ1n) is 13.2. The van der Waals surface area contributed by atoms with E-state index in [2.05, 4.69) is 20.4 Å². The van der Waals surface area contributed by atoms with Gasteiger partial charge in [-0.25, -0.2) is 8.78 Å². The van der Waals surface area contributed by atoms with Gasteiger partial charge in [0.2, 0.25) is 0 Å². The summed E-state index contributed by atoms with van der Waals surface area (Å²) in [5.41, 5.74) is 0.448. The highest BCUT2D eigenvalue weighted by atomic mass is 19.2. The molecule has 3 rings (SSSR count). The minimum atomic E-state index is -0.603. The average Bonchev–Trinajstić information content (AvgIpc) is 2.79. The first kappa shape index (κ1) is 24.0. The molecular weight excluding hydrogens is 374 g/mol. The molecule has 0 N–H and O–H groups in total. The fourth-order valence-corrected chi connectivity index (χ4v) is 6.84. The first-order chi connectivity index (χ1) is 14.5. The molecule has 0 nitrogen and oxygen atoms in total. The summed E-state index contributed by atoms with van der Waals surface area (Å²) in [6, 6.07) is 0. The predicted molar refractivity (Wildman–Crippen MR) is 125 cm³/mol. The Labute approximate surface area is 185 Å². The van der Waals surface area contributed by atoms with Crippen LogP contribution < -0.4 is 0 Å². The Morgan fingerprint density at radius 2 is 1.20 bits per heavy atom. The van der Waals surface area contributed by atoms with Crippen molar-refractivity contribution in [3.63, 3.8) is 0 Å². The van der Waals surface area contributed by atoms with Crippen LogP contribution in [-0.4, -0.2) is 0 Å². The second-order valence-corrected chi connectivity index (χ2v) is 10.9. The quantitative estimate of drug-likeness (QED) is 0.343. The van der Waals surface area contributed by atoms with Crippen molar-refractivity contribution in [1.29, 1.82) is 0 Å². The topological polar surface area (TPSA) is 0 Å². The van der Waals surface area contributed by atoms with Crippen molar-refractivity contribution in [1.82, 2.24) is 0 Å². The summed E-state index contributed by atoms with van der Waals surface area (Å²) in [5.74, 6) is 2.83. The minimum Gasteiger partial charge on any atom is -0.209 e. The predicted octanol–water partition coefficient (Wildman–Crippen LogP) is 9.71. The van der Waals surface area contributed by atoms with E-state index in [4.69, 9.17) is 0 Å². The summed E-state index contributed by atoms with van der Waals surface area (Å²) < 4.78 is 29.6. The molecule has 0 radical (unpaired) electrons. The number of hydrogen-bond donors (Lipinski definition) is 0. The Balaban J connectivity index is 1.42. The van der Waals surface area contributed by atoms with Gasteiger partial charge in [-0.15, -0.1) is 0 Å². The molecule has 3 fully saturated rings. The van der Waals surface area contributed by atoms with Gasteiger partial charge < -0.3 is 0 Å². The zero-order valence-electron chi connectivity index (χ0n) is 19.7. The molecular formula is C28H46F2. The highest BCUT2D eigenvalue weighted by Gasteiger charge is 2.32. The maximum Gasteiger partial charge on any atom is 0.157 e. The van der Waals surface area contributed by atoms with E-state index >= 15 is 0 Å². The van der Waals surface area contributed by atoms with Crippen LogP contribution in [0.5, 0.6) is 0 Å². The molecule has 0 heterocycles. The molecule has 30 heavy (non-hydrogen) atoms. The molecule has 0 amide bonds. The van der Waals surface area contributed by atoms with Crippen molar-refractivity contribution < 1.29 is 8.78 Å². The van der Waals surface area contributed by atoms with Crippen LogP contribution in [0.25, 0.3) is 0 Å². The lowest BCUT2D eigenvalue weighted by atomic mass is 9.68. The minimum absolute atomic E-state index is 0.151. The van der Waals surface area contributed by atoms with Gasteiger partial charge in [0.1, 0.15) is 5.83 Å². The van der Waals surface area contributed by atoms with E-state index in [1.54, 1.807) is 0 Å². The number of allylic oxidation sites excluding steroid dienone is 3. The van der Waals surface area contributed by atoms with Crippen LogP contribution in [0.15, 0.2) is 23.8 Å². The molecule has 0 bridgehead atoms. The molecule has 0 aromatic carbocycles. The van der Waals surface area contributed by atoms with Crippen molar-refractivity contribution in [2.45, 2.75) is 117 Å². The smallest absolute Gasteiger partial charge is 0.157 e. The summed E-state index contributed by atoms with van der Waals surface area (Å²) >= 11 is 0. The largest absolute Gasteiger partial charge is 0.209 e. The highest BCUT2D eigenvalue weighted by Crippen LogP contribution is 2.44. The van der Waals surface area contributed by atoms with Crippen LogP contribution in [0.3, 0.4) is 0 Å². The lowest BCUT2D eigenvalue weighted by molar-refractivity contribution is 0.143. The maximum absolute atomic E-state index is 14.8. The summed E-state index contributed by atoms with van der Waals surface area (Å²) in [4.78, 5) is 0. The summed E-state index contributed by atoms with van der Waals surface area (Å²) in [6.07, 6.45) is 18.6. The zero-order valence-corrected chi connectivity index (χ0v) is 19.7. The number of hydrogen-bond acceptors (Lipinski definition) is 0. The second-order valence-electron chi connectivity index (χ2n) is 10.9. The molecule has 172 valence electrons. The first-order valence-corrected chi connectivity index (χ1v) is 13.2. The fraction of sp³-hybridized carbons (Fsp3) is 0.857. The standard InChI is InChI=1S/C28H46F2/c1-4-6-22-9-13-24(14-10-22)20(3)28(30)27(29)19-23-11-17-26(18-12-23)25-15-7-21(5-2)8-16-25/h21-26H,3-19H2,1-2H3/b28-27-. The molecule has 3 aliphatic rings. The Morgan fingerprint density at radius 3 is 1.70 bits per heavy atom. The van der Waals surface area contributed by atoms with E-state index in [1.807, 2.05) is 0 Å². The van der Waals surface area contributed by atoms with E-state index < -0.39 is 11.7 Å². The van der Waals surface area contributed by atoms with Gasteiger partial charge in [-0.2, -0.15) is 0 Å². The average molecular weight is 421 g/mol. The Hall–Kier alpha value is -0.660. The summed E-state index contributed by atoms with van der Waals surface area (Å²) in [7, 11) is 0. The van der Waals surface area contributed by atoms with Crippen molar-refractivity contribution in [3.05, 3.63) is 23.8 Å². The van der Waals surface area contributed by atoms with Crippen LogP contribution in [0.2, 0.25) is 0 Å². The molecule has 0 aliphatic heterocycles. The molecule has 3 saturated carbocycles. The molecule has 0 aromatic heterocycles. The Morgan fingerprint density at radius 1 is 0.700 bits per heavy atom. The lowest BCUT2D eigenvalue weighted by Gasteiger charge is -2.37. The van der Waals surface area contributed by atoms with Gasteiger partial charge in [-0.05, 0) is 105 Å².